The highest BCUT2D eigenvalue weighted by molar-refractivity contribution is 6.77. The van der Waals surface area contributed by atoms with Crippen molar-refractivity contribution < 1.29 is 16.5 Å². The van der Waals surface area contributed by atoms with Crippen LogP contribution in [0.4, 0.5) is 0 Å². The number of hydrogen-bond acceptors (Lipinski definition) is 4. The van der Waals surface area contributed by atoms with Gasteiger partial charge in [-0.25, -0.2) is 0 Å². The third-order valence-corrected chi connectivity index (χ3v) is 17.6. The van der Waals surface area contributed by atoms with Gasteiger partial charge in [-0.15, -0.1) is 0 Å². The summed E-state index contributed by atoms with van der Waals surface area (Å²) in [6, 6.07) is 0. The maximum absolute atomic E-state index is 6.46. The van der Waals surface area contributed by atoms with Crippen molar-refractivity contribution in [3.8, 4) is 0 Å². The molecule has 0 aromatic rings. The molecule has 0 saturated carbocycles. The average Bonchev–Trinajstić information content (AvgIpc) is 2.41. The average molecular weight is 409 g/mol. The fourth-order valence-electron chi connectivity index (χ4n) is 5.00. The van der Waals surface area contributed by atoms with Gasteiger partial charge in [0.15, 0.2) is 0 Å². The Morgan fingerprint density at radius 2 is 1.17 bits per heavy atom. The van der Waals surface area contributed by atoms with E-state index in [4.69, 9.17) is 16.5 Å². The van der Waals surface area contributed by atoms with Gasteiger partial charge in [0.05, 0.1) is 0 Å². The first-order valence-electron chi connectivity index (χ1n) is 9.35. The van der Waals surface area contributed by atoms with E-state index >= 15 is 0 Å². The molecular formula is C16H40O4Si4. The second-order valence-corrected chi connectivity index (χ2v) is 18.5. The molecule has 1 aliphatic heterocycles. The minimum Gasteiger partial charge on any atom is -0.425 e. The molecule has 0 aliphatic carbocycles. The van der Waals surface area contributed by atoms with Gasteiger partial charge in [0, 0.05) is 5.04 Å². The van der Waals surface area contributed by atoms with Crippen LogP contribution in [0, 0.1) is 29.1 Å². The molecule has 1 saturated heterocycles. The highest BCUT2D eigenvalue weighted by Crippen LogP contribution is 2.63. The Morgan fingerprint density at radius 3 is 1.50 bits per heavy atom. The lowest BCUT2D eigenvalue weighted by Gasteiger charge is -2.59. The van der Waals surface area contributed by atoms with Crippen LogP contribution in [0.5, 0.6) is 0 Å². The lowest BCUT2D eigenvalue weighted by atomic mass is 9.56. The van der Waals surface area contributed by atoms with Gasteiger partial charge in [0.2, 0.25) is 0 Å². The van der Waals surface area contributed by atoms with Gasteiger partial charge < -0.3 is 16.5 Å². The van der Waals surface area contributed by atoms with Crippen molar-refractivity contribution in [2.24, 2.45) is 29.1 Å². The van der Waals surface area contributed by atoms with Gasteiger partial charge in [0.1, 0.15) is 0 Å². The minimum atomic E-state index is -2.40. The summed E-state index contributed by atoms with van der Waals surface area (Å²) in [6.07, 6.45) is 0. The summed E-state index contributed by atoms with van der Waals surface area (Å²) in [7, 11) is -5.21. The van der Waals surface area contributed by atoms with E-state index in [2.05, 4.69) is 68.9 Å². The van der Waals surface area contributed by atoms with Crippen molar-refractivity contribution >= 4 is 38.6 Å². The molecule has 0 aromatic carbocycles. The summed E-state index contributed by atoms with van der Waals surface area (Å²) in [5.74, 6) is 2.40. The highest BCUT2D eigenvalue weighted by Gasteiger charge is 2.61. The fourth-order valence-corrected chi connectivity index (χ4v) is 16.5. The van der Waals surface area contributed by atoms with Crippen LogP contribution < -0.4 is 0 Å². The van der Waals surface area contributed by atoms with Crippen LogP contribution in [-0.4, -0.2) is 38.6 Å². The zero-order valence-electron chi connectivity index (χ0n) is 17.6. The summed E-state index contributed by atoms with van der Waals surface area (Å²) in [6.45, 7) is 23.7. The van der Waals surface area contributed by atoms with E-state index in [1.165, 1.54) is 0 Å². The van der Waals surface area contributed by atoms with Gasteiger partial charge in [0.25, 0.3) is 30.0 Å². The zero-order chi connectivity index (χ0) is 18.8. The van der Waals surface area contributed by atoms with Crippen LogP contribution in [0.25, 0.3) is 0 Å². The Bertz CT molecular complexity index is 388. The van der Waals surface area contributed by atoms with Crippen LogP contribution in [-0.2, 0) is 16.5 Å². The second kappa shape index (κ2) is 8.60. The molecule has 0 radical (unpaired) electrons. The Labute approximate surface area is 158 Å². The lowest BCUT2D eigenvalue weighted by molar-refractivity contribution is -0.0104. The van der Waals surface area contributed by atoms with E-state index in [-0.39, 0.29) is 10.5 Å². The van der Waals surface area contributed by atoms with Crippen LogP contribution in [0.15, 0.2) is 0 Å². The smallest absolute Gasteiger partial charge is 0.323 e. The normalized spacial score (nSPS) is 29.8. The molecule has 0 spiro atoms. The van der Waals surface area contributed by atoms with E-state index < -0.39 is 38.6 Å². The largest absolute Gasteiger partial charge is 0.425 e. The molecular weight excluding hydrogens is 369 g/mol. The van der Waals surface area contributed by atoms with Gasteiger partial charge in [-0.3, -0.25) is 0 Å². The van der Waals surface area contributed by atoms with Gasteiger partial charge in [-0.05, 0) is 35.6 Å². The van der Waals surface area contributed by atoms with Crippen molar-refractivity contribution in [2.75, 3.05) is 0 Å². The summed E-state index contributed by atoms with van der Waals surface area (Å²) < 4.78 is 24.4. The molecule has 24 heavy (non-hydrogen) atoms. The molecule has 144 valence electrons. The minimum absolute atomic E-state index is 0.0288. The third kappa shape index (κ3) is 4.16. The Hall–Kier alpha value is 0.708. The molecule has 1 unspecified atom stereocenters. The quantitative estimate of drug-likeness (QED) is 0.633. The Balaban J connectivity index is 3.38. The topological polar surface area (TPSA) is 36.9 Å². The first kappa shape index (κ1) is 22.7. The summed E-state index contributed by atoms with van der Waals surface area (Å²) in [5.41, 5.74) is 0.121. The van der Waals surface area contributed by atoms with Crippen molar-refractivity contribution in [1.82, 2.24) is 0 Å². The maximum Gasteiger partial charge on any atom is 0.323 e. The molecule has 0 bridgehead atoms. The molecule has 0 amide bonds. The van der Waals surface area contributed by atoms with Gasteiger partial charge in [-0.1, -0.05) is 62.3 Å². The number of rotatable bonds is 6. The third-order valence-electron chi connectivity index (χ3n) is 6.81. The molecule has 0 aromatic heterocycles. The van der Waals surface area contributed by atoms with Crippen molar-refractivity contribution in [1.29, 1.82) is 0 Å². The number of hydrogen-bond donors (Lipinski definition) is 0. The van der Waals surface area contributed by atoms with E-state index in [1.807, 2.05) is 0 Å². The summed E-state index contributed by atoms with van der Waals surface area (Å²) in [4.78, 5) is 0. The van der Waals surface area contributed by atoms with E-state index in [0.717, 1.165) is 0 Å². The maximum atomic E-state index is 6.46. The SMILES string of the molecule is CC(C)C(C(C)C)C(C)(C(C)C)C(C)(C)[Si]1(C)O[SiH2]O[SiH2]O[SiH2]O1. The summed E-state index contributed by atoms with van der Waals surface area (Å²) in [5, 5.41) is -0.0288. The zero-order valence-corrected chi connectivity index (χ0v) is 22.8. The second-order valence-electron chi connectivity index (χ2n) is 9.07. The van der Waals surface area contributed by atoms with Crippen LogP contribution in [0.3, 0.4) is 0 Å². The highest BCUT2D eigenvalue weighted by atomic mass is 28.5. The first-order chi connectivity index (χ1) is 10.9. The molecule has 1 heterocycles. The molecule has 8 heteroatoms. The summed E-state index contributed by atoms with van der Waals surface area (Å²) >= 11 is 0. The van der Waals surface area contributed by atoms with Crippen molar-refractivity contribution in [2.45, 2.75) is 73.9 Å². The lowest BCUT2D eigenvalue weighted by Crippen LogP contribution is -2.61. The van der Waals surface area contributed by atoms with E-state index in [9.17, 15) is 0 Å². The molecule has 1 aliphatic rings. The molecule has 4 nitrogen and oxygen atoms in total. The standard InChI is InChI=1S/C16H40O4Si4/c1-11(2)14(12(3)4)16(9,13(5)6)15(7,8)24(10)19-22-17-21-18-23-20-24/h11-14H,21-23H2,1-10H3. The first-order valence-corrected chi connectivity index (χ1v) is 15.1. The fraction of sp³-hybridized carbons (Fsp3) is 1.00. The van der Waals surface area contributed by atoms with Gasteiger partial charge >= 0.3 is 8.56 Å². The van der Waals surface area contributed by atoms with Crippen LogP contribution >= 0.6 is 0 Å². The predicted molar refractivity (Wildman–Crippen MR) is 112 cm³/mol. The van der Waals surface area contributed by atoms with E-state index in [0.29, 0.717) is 23.7 Å². The van der Waals surface area contributed by atoms with Crippen LogP contribution in [0.1, 0.15) is 62.3 Å². The van der Waals surface area contributed by atoms with Gasteiger partial charge in [-0.2, -0.15) is 0 Å². The molecule has 1 atom stereocenters. The molecule has 0 N–H and O–H groups in total. The Morgan fingerprint density at radius 1 is 0.750 bits per heavy atom. The molecule has 1 fully saturated rings. The Kier molecular flexibility index (Phi) is 8.15. The van der Waals surface area contributed by atoms with Crippen LogP contribution in [0.2, 0.25) is 11.6 Å². The van der Waals surface area contributed by atoms with E-state index in [1.54, 1.807) is 0 Å². The van der Waals surface area contributed by atoms with Crippen molar-refractivity contribution in [3.05, 3.63) is 0 Å². The van der Waals surface area contributed by atoms with Crippen molar-refractivity contribution in [3.63, 3.8) is 0 Å². The monoisotopic (exact) mass is 408 g/mol. The predicted octanol–water partition coefficient (Wildman–Crippen LogP) is 2.51. The molecule has 1 rings (SSSR count).